The first-order valence-electron chi connectivity index (χ1n) is 9.34. The van der Waals surface area contributed by atoms with Crippen LogP contribution in [0.25, 0.3) is 10.8 Å². The monoisotopic (exact) mass is 380 g/mol. The molecule has 0 aromatic heterocycles. The third-order valence-electron chi connectivity index (χ3n) is 4.90. The van der Waals surface area contributed by atoms with Crippen molar-refractivity contribution in [3.63, 3.8) is 0 Å². The lowest BCUT2D eigenvalue weighted by Gasteiger charge is -2.27. The van der Waals surface area contributed by atoms with Crippen molar-refractivity contribution >= 4 is 22.9 Å². The van der Waals surface area contributed by atoms with Crippen molar-refractivity contribution in [2.45, 2.75) is 5.60 Å². The number of nitrogens with zero attached hydrogens (tertiary/aromatic N) is 1. The molecule has 0 aliphatic rings. The van der Waals surface area contributed by atoms with Crippen LogP contribution in [0.1, 0.15) is 16.7 Å². The maximum Gasteiger partial charge on any atom is 0.281 e. The molecule has 0 saturated heterocycles. The number of nitrogens with one attached hydrogen (secondary N) is 1. The molecule has 0 fully saturated rings. The lowest BCUT2D eigenvalue weighted by molar-refractivity contribution is -0.136. The van der Waals surface area contributed by atoms with Gasteiger partial charge in [0.05, 0.1) is 6.21 Å². The molecule has 0 saturated carbocycles. The Morgan fingerprint density at radius 3 is 1.97 bits per heavy atom. The summed E-state index contributed by atoms with van der Waals surface area (Å²) in [6, 6.07) is 31.6. The van der Waals surface area contributed by atoms with E-state index < -0.39 is 11.5 Å². The molecule has 0 radical (unpaired) electrons. The van der Waals surface area contributed by atoms with Gasteiger partial charge in [-0.1, -0.05) is 103 Å². The number of hydrazone groups is 1. The van der Waals surface area contributed by atoms with Gasteiger partial charge in [-0.3, -0.25) is 4.79 Å². The minimum atomic E-state index is -1.85. The van der Waals surface area contributed by atoms with E-state index in [4.69, 9.17) is 0 Å². The number of amides is 1. The number of carbonyl (C=O) groups is 1. The number of hydrogen-bond donors (Lipinski definition) is 2. The minimum Gasteiger partial charge on any atom is -0.372 e. The summed E-state index contributed by atoms with van der Waals surface area (Å²) >= 11 is 0. The van der Waals surface area contributed by atoms with Gasteiger partial charge in [0.1, 0.15) is 0 Å². The van der Waals surface area contributed by atoms with Gasteiger partial charge in [-0.2, -0.15) is 5.10 Å². The Balaban J connectivity index is 1.65. The Morgan fingerprint density at radius 2 is 1.31 bits per heavy atom. The molecular formula is C25H20N2O2. The van der Waals surface area contributed by atoms with Crippen LogP contribution in [0.4, 0.5) is 0 Å². The van der Waals surface area contributed by atoms with Crippen molar-refractivity contribution in [1.29, 1.82) is 0 Å². The highest BCUT2D eigenvalue weighted by molar-refractivity contribution is 6.00. The Labute approximate surface area is 169 Å². The SMILES string of the molecule is O=C(N/N=C/c1cccc2ccccc12)C(O)(c1ccccc1)c1ccccc1. The van der Waals surface area contributed by atoms with Crippen LogP contribution in [0.5, 0.6) is 0 Å². The van der Waals surface area contributed by atoms with Crippen LogP contribution in [0.3, 0.4) is 0 Å². The third-order valence-corrected chi connectivity index (χ3v) is 4.90. The number of rotatable bonds is 5. The lowest BCUT2D eigenvalue weighted by atomic mass is 9.85. The zero-order chi connectivity index (χ0) is 20.1. The quantitative estimate of drug-likeness (QED) is 0.402. The topological polar surface area (TPSA) is 61.7 Å². The van der Waals surface area contributed by atoms with Gasteiger partial charge in [-0.05, 0) is 21.9 Å². The van der Waals surface area contributed by atoms with E-state index in [1.807, 2.05) is 54.6 Å². The average Bonchev–Trinajstić information content (AvgIpc) is 2.79. The van der Waals surface area contributed by atoms with Crippen LogP contribution in [0.15, 0.2) is 108 Å². The summed E-state index contributed by atoms with van der Waals surface area (Å²) in [5.41, 5.74) is 2.50. The number of aliphatic hydroxyl groups is 1. The molecule has 0 heterocycles. The van der Waals surface area contributed by atoms with Crippen LogP contribution in [-0.4, -0.2) is 17.2 Å². The second kappa shape index (κ2) is 8.09. The van der Waals surface area contributed by atoms with Gasteiger partial charge >= 0.3 is 0 Å². The van der Waals surface area contributed by atoms with Crippen molar-refractivity contribution in [2.75, 3.05) is 0 Å². The third kappa shape index (κ3) is 3.66. The predicted octanol–water partition coefficient (Wildman–Crippen LogP) is 4.23. The Kier molecular flexibility index (Phi) is 5.18. The summed E-state index contributed by atoms with van der Waals surface area (Å²) < 4.78 is 0. The Bertz CT molecular complexity index is 1110. The highest BCUT2D eigenvalue weighted by Gasteiger charge is 2.39. The molecule has 4 rings (SSSR count). The van der Waals surface area contributed by atoms with E-state index in [2.05, 4.69) is 10.5 Å². The molecule has 0 aliphatic heterocycles. The molecule has 29 heavy (non-hydrogen) atoms. The first kappa shape index (κ1) is 18.6. The molecule has 4 heteroatoms. The molecule has 4 aromatic carbocycles. The van der Waals surface area contributed by atoms with E-state index >= 15 is 0 Å². The zero-order valence-corrected chi connectivity index (χ0v) is 15.7. The maximum atomic E-state index is 13.0. The molecule has 0 atom stereocenters. The summed E-state index contributed by atoms with van der Waals surface area (Å²) in [6.07, 6.45) is 1.59. The van der Waals surface area contributed by atoms with Crippen molar-refractivity contribution in [3.8, 4) is 0 Å². The predicted molar refractivity (Wildman–Crippen MR) is 116 cm³/mol. The molecule has 4 nitrogen and oxygen atoms in total. The number of benzene rings is 4. The van der Waals surface area contributed by atoms with Gasteiger partial charge in [0.2, 0.25) is 0 Å². The Hall–Kier alpha value is -3.76. The van der Waals surface area contributed by atoms with E-state index in [1.54, 1.807) is 54.7 Å². The smallest absolute Gasteiger partial charge is 0.281 e. The fourth-order valence-electron chi connectivity index (χ4n) is 3.39. The lowest BCUT2D eigenvalue weighted by Crippen LogP contribution is -2.43. The Morgan fingerprint density at radius 1 is 0.759 bits per heavy atom. The largest absolute Gasteiger partial charge is 0.372 e. The van der Waals surface area contributed by atoms with Crippen molar-refractivity contribution in [2.24, 2.45) is 5.10 Å². The number of fused-ring (bicyclic) bond motifs is 1. The van der Waals surface area contributed by atoms with E-state index in [1.165, 1.54) is 0 Å². The van der Waals surface area contributed by atoms with Gasteiger partial charge in [0.25, 0.3) is 5.91 Å². The molecule has 0 unspecified atom stereocenters. The van der Waals surface area contributed by atoms with E-state index in [-0.39, 0.29) is 0 Å². The normalized spacial score (nSPS) is 11.6. The fraction of sp³-hybridized carbons (Fsp3) is 0.0400. The molecule has 0 bridgehead atoms. The van der Waals surface area contributed by atoms with Crippen LogP contribution < -0.4 is 5.43 Å². The molecule has 0 aliphatic carbocycles. The van der Waals surface area contributed by atoms with Crippen molar-refractivity contribution in [3.05, 3.63) is 120 Å². The second-order valence-electron chi connectivity index (χ2n) is 6.71. The summed E-state index contributed by atoms with van der Waals surface area (Å²) in [6.45, 7) is 0. The maximum absolute atomic E-state index is 13.0. The van der Waals surface area contributed by atoms with Crippen LogP contribution in [0, 0.1) is 0 Å². The van der Waals surface area contributed by atoms with Gasteiger partial charge in [0.15, 0.2) is 5.60 Å². The van der Waals surface area contributed by atoms with Crippen molar-refractivity contribution < 1.29 is 9.90 Å². The summed E-state index contributed by atoms with van der Waals surface area (Å²) in [5, 5.41) is 17.7. The molecule has 142 valence electrons. The first-order chi connectivity index (χ1) is 14.2. The summed E-state index contributed by atoms with van der Waals surface area (Å²) in [7, 11) is 0. The molecular weight excluding hydrogens is 360 g/mol. The first-order valence-corrected chi connectivity index (χ1v) is 9.34. The average molecular weight is 380 g/mol. The second-order valence-corrected chi connectivity index (χ2v) is 6.71. The zero-order valence-electron chi connectivity index (χ0n) is 15.7. The van der Waals surface area contributed by atoms with Crippen LogP contribution in [0.2, 0.25) is 0 Å². The summed E-state index contributed by atoms with van der Waals surface area (Å²) in [4.78, 5) is 13.0. The van der Waals surface area contributed by atoms with Gasteiger partial charge < -0.3 is 5.11 Å². The van der Waals surface area contributed by atoms with Gasteiger partial charge in [-0.25, -0.2) is 5.43 Å². The van der Waals surface area contributed by atoms with E-state index in [9.17, 15) is 9.90 Å². The highest BCUT2D eigenvalue weighted by Crippen LogP contribution is 2.29. The summed E-state index contributed by atoms with van der Waals surface area (Å²) in [5.74, 6) is -0.619. The van der Waals surface area contributed by atoms with Crippen LogP contribution >= 0.6 is 0 Å². The molecule has 1 amide bonds. The van der Waals surface area contributed by atoms with Crippen LogP contribution in [-0.2, 0) is 10.4 Å². The number of hydrogen-bond acceptors (Lipinski definition) is 3. The molecule has 0 spiro atoms. The molecule has 2 N–H and O–H groups in total. The minimum absolute atomic E-state index is 0.476. The van der Waals surface area contributed by atoms with E-state index in [0.29, 0.717) is 11.1 Å². The van der Waals surface area contributed by atoms with Gasteiger partial charge in [0, 0.05) is 5.56 Å². The van der Waals surface area contributed by atoms with Crippen molar-refractivity contribution in [1.82, 2.24) is 5.43 Å². The molecule has 4 aromatic rings. The van der Waals surface area contributed by atoms with Gasteiger partial charge in [-0.15, -0.1) is 0 Å². The standard InChI is InChI=1S/C25H20N2O2/c28-24(27-26-18-20-12-9-11-19-10-7-8-17-23(19)20)25(29,21-13-3-1-4-14-21)22-15-5-2-6-16-22/h1-18,29H,(H,27,28)/b26-18+. The van der Waals surface area contributed by atoms with E-state index in [0.717, 1.165) is 16.3 Å². The fourth-order valence-corrected chi connectivity index (χ4v) is 3.39. The number of carbonyl (C=O) groups excluding carboxylic acids is 1. The highest BCUT2D eigenvalue weighted by atomic mass is 16.3.